The quantitative estimate of drug-likeness (QED) is 0.771. The Morgan fingerprint density at radius 1 is 1.19 bits per heavy atom. The highest BCUT2D eigenvalue weighted by Crippen LogP contribution is 2.34. The van der Waals surface area contributed by atoms with Gasteiger partial charge in [0.1, 0.15) is 12.4 Å². The second-order valence-corrected chi connectivity index (χ2v) is 7.35. The molecule has 2 aromatic carbocycles. The molecule has 0 aliphatic heterocycles. The van der Waals surface area contributed by atoms with Crippen LogP contribution in [-0.2, 0) is 22.8 Å². The fourth-order valence-electron chi connectivity index (χ4n) is 1.99. The molecule has 11 heteroatoms. The number of halogens is 4. The minimum Gasteiger partial charge on any atom is -0.487 e. The number of carbonyl (C=O) groups excluding carboxylic acids is 1. The highest BCUT2D eigenvalue weighted by atomic mass is 35.5. The highest BCUT2D eigenvalue weighted by molar-refractivity contribution is 7.90. The van der Waals surface area contributed by atoms with E-state index in [1.807, 2.05) is 0 Å². The molecule has 2 rings (SSSR count). The first-order valence-corrected chi connectivity index (χ1v) is 9.22. The van der Waals surface area contributed by atoms with Crippen LogP contribution >= 0.6 is 11.6 Å². The number of alkyl halides is 3. The summed E-state index contributed by atoms with van der Waals surface area (Å²) in [5.41, 5.74) is -0.501. The number of urea groups is 1. The van der Waals surface area contributed by atoms with E-state index < -0.39 is 27.8 Å². The van der Waals surface area contributed by atoms with Crippen molar-refractivity contribution in [3.63, 3.8) is 0 Å². The molecule has 6 nitrogen and oxygen atoms in total. The minimum atomic E-state index is -4.53. The molecule has 0 aliphatic carbocycles. The number of rotatable bonds is 5. The van der Waals surface area contributed by atoms with E-state index in [-0.39, 0.29) is 22.3 Å². The molecule has 0 fully saturated rings. The predicted octanol–water partition coefficient (Wildman–Crippen LogP) is 3.56. The van der Waals surface area contributed by atoms with Crippen LogP contribution in [0.5, 0.6) is 5.75 Å². The molecule has 0 saturated heterocycles. The first kappa shape index (κ1) is 20.8. The maximum Gasteiger partial charge on any atom is 0.416 e. The summed E-state index contributed by atoms with van der Waals surface area (Å²) in [5.74, 6) is 0.0152. The third kappa shape index (κ3) is 5.51. The summed E-state index contributed by atoms with van der Waals surface area (Å²) < 4.78 is 69.2. The van der Waals surface area contributed by atoms with Gasteiger partial charge in [-0.05, 0) is 35.9 Å². The largest absolute Gasteiger partial charge is 0.487 e. The van der Waals surface area contributed by atoms with Crippen LogP contribution in [0.15, 0.2) is 47.4 Å². The lowest BCUT2D eigenvalue weighted by atomic mass is 10.2. The van der Waals surface area contributed by atoms with Crippen LogP contribution in [-0.4, -0.2) is 21.5 Å². The fraction of sp³-hybridized carbons (Fsp3) is 0.188. The van der Waals surface area contributed by atoms with E-state index in [1.165, 1.54) is 25.2 Å². The zero-order chi connectivity index (χ0) is 20.2. The van der Waals surface area contributed by atoms with Gasteiger partial charge in [-0.2, -0.15) is 13.2 Å². The van der Waals surface area contributed by atoms with E-state index in [2.05, 4.69) is 5.32 Å². The van der Waals surface area contributed by atoms with Gasteiger partial charge in [-0.15, -0.1) is 0 Å². The van der Waals surface area contributed by atoms with E-state index in [1.54, 1.807) is 10.8 Å². The average Bonchev–Trinajstić information content (AvgIpc) is 2.59. The predicted molar refractivity (Wildman–Crippen MR) is 92.0 cm³/mol. The zero-order valence-corrected chi connectivity index (χ0v) is 15.4. The topological polar surface area (TPSA) is 84.5 Å². The lowest BCUT2D eigenvalue weighted by Crippen LogP contribution is -2.37. The van der Waals surface area contributed by atoms with Crippen molar-refractivity contribution >= 4 is 27.7 Å². The summed E-state index contributed by atoms with van der Waals surface area (Å²) in [6.45, 7) is -0.144. The van der Waals surface area contributed by atoms with Crippen LogP contribution in [0.2, 0.25) is 5.02 Å². The van der Waals surface area contributed by atoms with Gasteiger partial charge in [0.25, 0.3) is 10.0 Å². The zero-order valence-electron chi connectivity index (χ0n) is 13.8. The third-order valence-corrected chi connectivity index (χ3v) is 4.94. The molecule has 0 aliphatic rings. The molecule has 2 N–H and O–H groups in total. The highest BCUT2D eigenvalue weighted by Gasteiger charge is 2.31. The number of nitrogens with one attached hydrogen (secondary N) is 2. The standard InChI is InChI=1S/C16H14ClF3N2O4S/c1-21-15(23)22-27(24,25)12-4-2-3-10(7-12)9-26-14-6-5-11(8-13(14)17)16(18,19)20/h2-8H,9H2,1H3,(H2,21,22,23). The number of carbonyl (C=O) groups is 1. The molecular weight excluding hydrogens is 409 g/mol. The summed E-state index contributed by atoms with van der Waals surface area (Å²) in [4.78, 5) is 11.0. The molecule has 0 unspecified atom stereocenters. The fourth-order valence-corrected chi connectivity index (χ4v) is 3.25. The second-order valence-electron chi connectivity index (χ2n) is 5.26. The van der Waals surface area contributed by atoms with E-state index in [0.29, 0.717) is 5.56 Å². The molecule has 0 radical (unpaired) electrons. The summed E-state index contributed by atoms with van der Waals surface area (Å²) >= 11 is 5.80. The normalized spacial score (nSPS) is 11.7. The third-order valence-electron chi connectivity index (χ3n) is 3.32. The van der Waals surface area contributed by atoms with Crippen molar-refractivity contribution in [1.29, 1.82) is 0 Å². The van der Waals surface area contributed by atoms with Crippen LogP contribution in [0, 0.1) is 0 Å². The van der Waals surface area contributed by atoms with Gasteiger partial charge in [0.15, 0.2) is 0 Å². The smallest absolute Gasteiger partial charge is 0.416 e. The molecule has 146 valence electrons. The maximum absolute atomic E-state index is 12.6. The number of hydrogen-bond acceptors (Lipinski definition) is 4. The average molecular weight is 423 g/mol. The Balaban J connectivity index is 2.15. The molecule has 0 atom stereocenters. The van der Waals surface area contributed by atoms with Gasteiger partial charge in [0.2, 0.25) is 0 Å². The number of sulfonamides is 1. The number of hydrogen-bond donors (Lipinski definition) is 2. The van der Waals surface area contributed by atoms with Crippen LogP contribution in [0.4, 0.5) is 18.0 Å². The lowest BCUT2D eigenvalue weighted by Gasteiger charge is -2.12. The first-order chi connectivity index (χ1) is 12.5. The van der Waals surface area contributed by atoms with E-state index in [4.69, 9.17) is 16.3 Å². The van der Waals surface area contributed by atoms with E-state index >= 15 is 0 Å². The van der Waals surface area contributed by atoms with Gasteiger partial charge >= 0.3 is 12.2 Å². The summed E-state index contributed by atoms with van der Waals surface area (Å²) in [6.07, 6.45) is -4.53. The van der Waals surface area contributed by atoms with Crippen molar-refractivity contribution in [3.8, 4) is 5.75 Å². The first-order valence-electron chi connectivity index (χ1n) is 7.36. The Bertz CT molecular complexity index is 949. The second kappa shape index (κ2) is 8.05. The van der Waals surface area contributed by atoms with Crippen LogP contribution < -0.4 is 14.8 Å². The molecule has 0 bridgehead atoms. The summed E-state index contributed by atoms with van der Waals surface area (Å²) in [7, 11) is -2.81. The van der Waals surface area contributed by atoms with Crippen molar-refractivity contribution in [2.24, 2.45) is 0 Å². The number of benzene rings is 2. The van der Waals surface area contributed by atoms with Crippen molar-refractivity contribution in [2.75, 3.05) is 7.05 Å². The van der Waals surface area contributed by atoms with Crippen LogP contribution in [0.25, 0.3) is 0 Å². The SMILES string of the molecule is CNC(=O)NS(=O)(=O)c1cccc(COc2ccc(C(F)(F)F)cc2Cl)c1. The van der Waals surface area contributed by atoms with Gasteiger partial charge in [0.05, 0.1) is 15.5 Å². The Morgan fingerprint density at radius 2 is 1.89 bits per heavy atom. The van der Waals surface area contributed by atoms with Crippen molar-refractivity contribution in [2.45, 2.75) is 17.7 Å². The van der Waals surface area contributed by atoms with Crippen molar-refractivity contribution in [3.05, 3.63) is 58.6 Å². The van der Waals surface area contributed by atoms with Gasteiger partial charge in [0, 0.05) is 7.05 Å². The summed E-state index contributed by atoms with van der Waals surface area (Å²) in [6, 6.07) is 7.29. The lowest BCUT2D eigenvalue weighted by molar-refractivity contribution is -0.137. The van der Waals surface area contributed by atoms with Gasteiger partial charge < -0.3 is 10.1 Å². The van der Waals surface area contributed by atoms with Gasteiger partial charge in [-0.3, -0.25) is 0 Å². The molecule has 0 saturated carbocycles. The van der Waals surface area contributed by atoms with E-state index in [0.717, 1.165) is 18.2 Å². The Morgan fingerprint density at radius 3 is 2.48 bits per heavy atom. The van der Waals surface area contributed by atoms with E-state index in [9.17, 15) is 26.4 Å². The van der Waals surface area contributed by atoms with Crippen LogP contribution in [0.3, 0.4) is 0 Å². The molecule has 2 amide bonds. The maximum atomic E-state index is 12.6. The molecule has 0 spiro atoms. The Hall–Kier alpha value is -2.46. The van der Waals surface area contributed by atoms with Crippen molar-refractivity contribution < 1.29 is 31.1 Å². The molecule has 0 heterocycles. The molecular formula is C16H14ClF3N2O4S. The Labute approximate surface area is 158 Å². The monoisotopic (exact) mass is 422 g/mol. The van der Waals surface area contributed by atoms with Gasteiger partial charge in [-0.25, -0.2) is 17.9 Å². The number of ether oxygens (including phenoxy) is 1. The molecule has 2 aromatic rings. The Kier molecular flexibility index (Phi) is 6.22. The molecule has 27 heavy (non-hydrogen) atoms. The van der Waals surface area contributed by atoms with Gasteiger partial charge in [-0.1, -0.05) is 23.7 Å². The molecule has 0 aromatic heterocycles. The van der Waals surface area contributed by atoms with Crippen molar-refractivity contribution in [1.82, 2.24) is 10.0 Å². The van der Waals surface area contributed by atoms with Crippen LogP contribution in [0.1, 0.15) is 11.1 Å². The minimum absolute atomic E-state index is 0.0152. The summed E-state index contributed by atoms with van der Waals surface area (Å²) in [5, 5.41) is 1.90. The number of amides is 2.